The van der Waals surface area contributed by atoms with Gasteiger partial charge >= 0.3 is 6.09 Å². The van der Waals surface area contributed by atoms with Gasteiger partial charge in [-0.1, -0.05) is 26.0 Å². The highest BCUT2D eigenvalue weighted by atomic mass is 16.6. The van der Waals surface area contributed by atoms with Crippen LogP contribution >= 0.6 is 0 Å². The summed E-state index contributed by atoms with van der Waals surface area (Å²) in [5, 5.41) is 10.4. The lowest BCUT2D eigenvalue weighted by Gasteiger charge is -2.21. The summed E-state index contributed by atoms with van der Waals surface area (Å²) in [6.45, 7) is 8.07. The van der Waals surface area contributed by atoms with E-state index >= 15 is 0 Å². The minimum atomic E-state index is -0.853. The molecule has 1 aromatic carbocycles. The van der Waals surface area contributed by atoms with E-state index in [1.807, 2.05) is 0 Å². The fourth-order valence-electron chi connectivity index (χ4n) is 4.76. The molecule has 324 valence electrons. The number of amides is 7. The molecule has 0 aromatic heterocycles. The number of imide groups is 1. The standard InChI is InChI=1S/C38H58N6O14/c1-29(2)36(37(50)40-26-33(47)41-31-6-4-30(5-7-31)27-58-38(51)43(3)12-11-39-28-45)42-32(46)10-14-52-16-18-54-20-22-56-24-25-57-23-21-55-19-17-53-15-13-44-34(48)8-9-35(44)49/h4-9,28-29,36H,10-27H2,1-3H3,(H,39,45)(H,40,50)(H,41,47)(H,42,46). The van der Waals surface area contributed by atoms with Gasteiger partial charge in [0.2, 0.25) is 24.1 Å². The molecule has 20 nitrogen and oxygen atoms in total. The number of likely N-dealkylation sites (N-methyl/N-ethyl adjacent to an activating group) is 1. The van der Waals surface area contributed by atoms with Crippen LogP contribution in [0.4, 0.5) is 10.5 Å². The van der Waals surface area contributed by atoms with E-state index in [4.69, 9.17) is 33.2 Å². The maximum Gasteiger partial charge on any atom is 0.409 e. The first-order valence-electron chi connectivity index (χ1n) is 19.0. The lowest BCUT2D eigenvalue weighted by Crippen LogP contribution is -2.51. The predicted molar refractivity (Wildman–Crippen MR) is 207 cm³/mol. The van der Waals surface area contributed by atoms with Crippen LogP contribution in [0.25, 0.3) is 0 Å². The molecule has 1 aliphatic rings. The van der Waals surface area contributed by atoms with E-state index in [1.165, 1.54) is 17.1 Å². The molecule has 4 N–H and O–H groups in total. The van der Waals surface area contributed by atoms with Crippen LogP contribution in [-0.4, -0.2) is 170 Å². The molecule has 1 heterocycles. The quantitative estimate of drug-likeness (QED) is 0.0402. The van der Waals surface area contributed by atoms with Gasteiger partial charge in [-0.05, 0) is 23.6 Å². The SMILES string of the molecule is CC(C)C(NC(=O)CCOCCOCCOCCOCCOCCOCCN1C(=O)C=CC1=O)C(=O)NCC(=O)Nc1ccc(COC(=O)N(C)CCNC=O)cc1. The van der Waals surface area contributed by atoms with Gasteiger partial charge in [-0.25, -0.2) is 4.79 Å². The second-order valence-corrected chi connectivity index (χ2v) is 12.9. The molecule has 0 saturated heterocycles. The first-order chi connectivity index (χ1) is 28.0. The summed E-state index contributed by atoms with van der Waals surface area (Å²) in [5.74, 6) is -2.24. The van der Waals surface area contributed by atoms with Crippen molar-refractivity contribution in [2.45, 2.75) is 32.9 Å². The molecule has 0 radical (unpaired) electrons. The minimum Gasteiger partial charge on any atom is -0.445 e. The largest absolute Gasteiger partial charge is 0.445 e. The normalized spacial score (nSPS) is 12.7. The summed E-state index contributed by atoms with van der Waals surface area (Å²) in [7, 11) is 1.55. The van der Waals surface area contributed by atoms with Crippen molar-refractivity contribution in [3.63, 3.8) is 0 Å². The minimum absolute atomic E-state index is 0.0172. The van der Waals surface area contributed by atoms with E-state index < -0.39 is 23.9 Å². The lowest BCUT2D eigenvalue weighted by atomic mass is 10.0. The Balaban J connectivity index is 1.43. The molecule has 20 heteroatoms. The molecule has 1 unspecified atom stereocenters. The van der Waals surface area contributed by atoms with Crippen molar-refractivity contribution in [1.29, 1.82) is 0 Å². The highest BCUT2D eigenvalue weighted by molar-refractivity contribution is 6.12. The van der Waals surface area contributed by atoms with E-state index in [2.05, 4.69) is 21.3 Å². The second-order valence-electron chi connectivity index (χ2n) is 12.9. The molecule has 1 aliphatic heterocycles. The molecule has 7 amide bonds. The molecule has 0 aliphatic carbocycles. The molecular formula is C38H58N6O14. The van der Waals surface area contributed by atoms with Crippen molar-refractivity contribution < 1.29 is 66.7 Å². The lowest BCUT2D eigenvalue weighted by molar-refractivity contribution is -0.137. The summed E-state index contributed by atoms with van der Waals surface area (Å²) in [6.07, 6.45) is 2.51. The van der Waals surface area contributed by atoms with Gasteiger partial charge in [-0.15, -0.1) is 0 Å². The Bertz CT molecular complexity index is 1430. The third-order valence-corrected chi connectivity index (χ3v) is 7.97. The molecule has 2 rings (SSSR count). The number of anilines is 1. The highest BCUT2D eigenvalue weighted by Gasteiger charge is 2.25. The molecule has 1 atom stereocenters. The number of nitrogens with zero attached hydrogens (tertiary/aromatic N) is 2. The Kier molecular flexibility index (Phi) is 25.5. The Morgan fingerprint density at radius 3 is 1.78 bits per heavy atom. The van der Waals surface area contributed by atoms with Gasteiger partial charge in [0.25, 0.3) is 11.8 Å². The third-order valence-electron chi connectivity index (χ3n) is 7.97. The number of carbonyl (C=O) groups excluding carboxylic acids is 7. The Morgan fingerprint density at radius 2 is 1.26 bits per heavy atom. The number of ether oxygens (including phenoxy) is 7. The number of carbonyl (C=O) groups is 7. The van der Waals surface area contributed by atoms with Gasteiger partial charge in [-0.2, -0.15) is 0 Å². The van der Waals surface area contributed by atoms with E-state index in [1.54, 1.807) is 45.2 Å². The fourth-order valence-corrected chi connectivity index (χ4v) is 4.76. The van der Waals surface area contributed by atoms with Crippen LogP contribution < -0.4 is 21.3 Å². The van der Waals surface area contributed by atoms with Gasteiger partial charge in [0.1, 0.15) is 12.6 Å². The summed E-state index contributed by atoms with van der Waals surface area (Å²) < 4.78 is 37.8. The van der Waals surface area contributed by atoms with Crippen molar-refractivity contribution in [2.75, 3.05) is 118 Å². The topological polar surface area (TPSA) is 239 Å². The summed E-state index contributed by atoms with van der Waals surface area (Å²) in [4.78, 5) is 85.5. The number of benzene rings is 1. The second kappa shape index (κ2) is 30.1. The third kappa shape index (κ3) is 22.1. The number of nitrogens with one attached hydrogen (secondary N) is 4. The molecule has 0 saturated carbocycles. The highest BCUT2D eigenvalue weighted by Crippen LogP contribution is 2.11. The summed E-state index contributed by atoms with van der Waals surface area (Å²) >= 11 is 0. The van der Waals surface area contributed by atoms with Crippen LogP contribution in [0.3, 0.4) is 0 Å². The smallest absolute Gasteiger partial charge is 0.409 e. The molecule has 0 bridgehead atoms. The van der Waals surface area contributed by atoms with Crippen LogP contribution in [0, 0.1) is 5.92 Å². The Morgan fingerprint density at radius 1 is 0.741 bits per heavy atom. The van der Waals surface area contributed by atoms with Crippen LogP contribution in [0.5, 0.6) is 0 Å². The Hall–Kier alpha value is -4.99. The molecule has 0 fully saturated rings. The van der Waals surface area contributed by atoms with Crippen LogP contribution in [0.15, 0.2) is 36.4 Å². The van der Waals surface area contributed by atoms with Crippen molar-refractivity contribution in [2.24, 2.45) is 5.92 Å². The summed E-state index contributed by atoms with van der Waals surface area (Å²) in [5.41, 5.74) is 1.17. The van der Waals surface area contributed by atoms with Crippen molar-refractivity contribution in [3.8, 4) is 0 Å². The first kappa shape index (κ1) is 49.2. The zero-order valence-corrected chi connectivity index (χ0v) is 33.5. The number of rotatable bonds is 33. The van der Waals surface area contributed by atoms with Gasteiger partial charge in [0.15, 0.2) is 0 Å². The fraction of sp³-hybridized carbons (Fsp3) is 0.605. The van der Waals surface area contributed by atoms with Gasteiger partial charge < -0.3 is 59.3 Å². The van der Waals surface area contributed by atoms with Crippen molar-refractivity contribution in [1.82, 2.24) is 25.8 Å². The van der Waals surface area contributed by atoms with Crippen molar-refractivity contribution >= 4 is 47.7 Å². The average Bonchev–Trinajstić information content (AvgIpc) is 3.53. The average molecular weight is 823 g/mol. The number of hydrogen-bond donors (Lipinski definition) is 4. The maximum absolute atomic E-state index is 12.8. The molecule has 1 aromatic rings. The van der Waals surface area contributed by atoms with Gasteiger partial charge in [0.05, 0.1) is 92.4 Å². The van der Waals surface area contributed by atoms with Gasteiger partial charge in [0, 0.05) is 44.4 Å². The van der Waals surface area contributed by atoms with E-state index in [-0.39, 0.29) is 69.6 Å². The zero-order valence-electron chi connectivity index (χ0n) is 33.5. The monoisotopic (exact) mass is 822 g/mol. The van der Waals surface area contributed by atoms with E-state index in [9.17, 15) is 33.6 Å². The van der Waals surface area contributed by atoms with Crippen LogP contribution in [0.1, 0.15) is 25.8 Å². The van der Waals surface area contributed by atoms with E-state index in [0.29, 0.717) is 90.2 Å². The maximum atomic E-state index is 12.8. The first-order valence-corrected chi connectivity index (χ1v) is 19.0. The molecular weight excluding hydrogens is 764 g/mol. The predicted octanol–water partition coefficient (Wildman–Crippen LogP) is -0.389. The van der Waals surface area contributed by atoms with Crippen LogP contribution in [-0.2, 0) is 68.5 Å². The Labute approximate surface area is 338 Å². The van der Waals surface area contributed by atoms with Crippen molar-refractivity contribution in [3.05, 3.63) is 42.0 Å². The zero-order chi connectivity index (χ0) is 42.4. The van der Waals surface area contributed by atoms with Crippen LogP contribution in [0.2, 0.25) is 0 Å². The molecule has 58 heavy (non-hydrogen) atoms. The summed E-state index contributed by atoms with van der Waals surface area (Å²) in [6, 6.07) is 5.78. The molecule has 0 spiro atoms. The van der Waals surface area contributed by atoms with Gasteiger partial charge in [-0.3, -0.25) is 33.7 Å². The van der Waals surface area contributed by atoms with E-state index in [0.717, 1.165) is 4.90 Å². The number of hydrogen-bond acceptors (Lipinski definition) is 14.